The summed E-state index contributed by atoms with van der Waals surface area (Å²) in [5.41, 5.74) is 4.74. The van der Waals surface area contributed by atoms with E-state index in [1.165, 1.54) is 0 Å². The summed E-state index contributed by atoms with van der Waals surface area (Å²) in [6.45, 7) is 1.02. The minimum absolute atomic E-state index is 0.264. The minimum atomic E-state index is -0.264. The highest BCUT2D eigenvalue weighted by Crippen LogP contribution is 2.29. The van der Waals surface area contributed by atoms with Crippen LogP contribution >= 0.6 is 11.6 Å². The predicted molar refractivity (Wildman–Crippen MR) is 103 cm³/mol. The summed E-state index contributed by atoms with van der Waals surface area (Å²) in [6, 6.07) is 16.5. The molecule has 27 heavy (non-hydrogen) atoms. The van der Waals surface area contributed by atoms with Gasteiger partial charge in [-0.25, -0.2) is 4.79 Å². The maximum Gasteiger partial charge on any atom is 0.322 e. The van der Waals surface area contributed by atoms with Crippen molar-refractivity contribution in [2.24, 2.45) is 0 Å². The molecule has 0 saturated carbocycles. The SMILES string of the molecule is N#Cc1ccc(Cl)cc1NC(=O)N1CCc2[nH]nc(-c3ccccc3)c2C1. The molecule has 0 aliphatic carbocycles. The molecule has 0 unspecified atom stereocenters. The number of anilines is 1. The highest BCUT2D eigenvalue weighted by Gasteiger charge is 2.26. The van der Waals surface area contributed by atoms with Crippen LogP contribution in [0.4, 0.5) is 10.5 Å². The third kappa shape index (κ3) is 3.37. The summed E-state index contributed by atoms with van der Waals surface area (Å²) < 4.78 is 0. The number of aromatic amines is 1. The zero-order chi connectivity index (χ0) is 18.8. The maximum absolute atomic E-state index is 12.8. The first-order valence-electron chi connectivity index (χ1n) is 8.53. The van der Waals surface area contributed by atoms with Crippen LogP contribution in [0.5, 0.6) is 0 Å². The van der Waals surface area contributed by atoms with Crippen molar-refractivity contribution in [3.63, 3.8) is 0 Å². The number of halogens is 1. The smallest absolute Gasteiger partial charge is 0.320 e. The van der Waals surface area contributed by atoms with Gasteiger partial charge in [0.2, 0.25) is 0 Å². The Balaban J connectivity index is 1.57. The number of H-pyrrole nitrogens is 1. The molecule has 0 saturated heterocycles. The van der Waals surface area contributed by atoms with Crippen molar-refractivity contribution in [3.05, 3.63) is 70.4 Å². The molecule has 6 nitrogen and oxygen atoms in total. The third-order valence-corrected chi connectivity index (χ3v) is 4.85. The quantitative estimate of drug-likeness (QED) is 0.702. The van der Waals surface area contributed by atoms with E-state index in [-0.39, 0.29) is 6.03 Å². The van der Waals surface area contributed by atoms with Gasteiger partial charge in [0.05, 0.1) is 23.5 Å². The number of benzene rings is 2. The highest BCUT2D eigenvalue weighted by atomic mass is 35.5. The van der Waals surface area contributed by atoms with Gasteiger partial charge in [-0.3, -0.25) is 5.10 Å². The number of amides is 2. The summed E-state index contributed by atoms with van der Waals surface area (Å²) >= 11 is 6.00. The summed E-state index contributed by atoms with van der Waals surface area (Å²) in [7, 11) is 0. The second-order valence-corrected chi connectivity index (χ2v) is 6.74. The predicted octanol–water partition coefficient (Wildman–Crippen LogP) is 4.19. The first-order chi connectivity index (χ1) is 13.2. The van der Waals surface area contributed by atoms with E-state index in [0.29, 0.717) is 35.8 Å². The van der Waals surface area contributed by atoms with Gasteiger partial charge < -0.3 is 10.2 Å². The van der Waals surface area contributed by atoms with Crippen molar-refractivity contribution in [2.75, 3.05) is 11.9 Å². The Bertz CT molecular complexity index is 1040. The summed E-state index contributed by atoms with van der Waals surface area (Å²) in [5, 5.41) is 20.0. The molecule has 134 valence electrons. The zero-order valence-corrected chi connectivity index (χ0v) is 15.1. The summed E-state index contributed by atoms with van der Waals surface area (Å²) in [4.78, 5) is 14.5. The molecular formula is C20H16ClN5O. The van der Waals surface area contributed by atoms with Gasteiger partial charge in [0.15, 0.2) is 0 Å². The lowest BCUT2D eigenvalue weighted by Gasteiger charge is -2.27. The molecule has 2 amide bonds. The molecule has 2 heterocycles. The second-order valence-electron chi connectivity index (χ2n) is 6.30. The first-order valence-corrected chi connectivity index (χ1v) is 8.90. The third-order valence-electron chi connectivity index (χ3n) is 4.61. The lowest BCUT2D eigenvalue weighted by molar-refractivity contribution is 0.206. The number of nitriles is 1. The van der Waals surface area contributed by atoms with E-state index in [4.69, 9.17) is 11.6 Å². The van der Waals surface area contributed by atoms with Crippen molar-refractivity contribution in [3.8, 4) is 17.3 Å². The Hall–Kier alpha value is -3.30. The zero-order valence-electron chi connectivity index (χ0n) is 14.4. The van der Waals surface area contributed by atoms with E-state index in [9.17, 15) is 10.1 Å². The van der Waals surface area contributed by atoms with E-state index in [1.807, 2.05) is 30.3 Å². The standard InChI is InChI=1S/C20H16ClN5O/c21-15-7-6-14(11-22)18(10-15)23-20(27)26-9-8-17-16(12-26)19(25-24-17)13-4-2-1-3-5-13/h1-7,10H,8-9,12H2,(H,23,27)(H,24,25). The number of fused-ring (bicyclic) bond motifs is 1. The number of nitrogens with one attached hydrogen (secondary N) is 2. The average Bonchev–Trinajstić information content (AvgIpc) is 3.12. The fourth-order valence-corrected chi connectivity index (χ4v) is 3.39. The van der Waals surface area contributed by atoms with E-state index < -0.39 is 0 Å². The van der Waals surface area contributed by atoms with Crippen LogP contribution in [-0.2, 0) is 13.0 Å². The Morgan fingerprint density at radius 2 is 2.07 bits per heavy atom. The van der Waals surface area contributed by atoms with E-state index >= 15 is 0 Å². The second kappa shape index (κ2) is 7.14. The Morgan fingerprint density at radius 1 is 1.26 bits per heavy atom. The van der Waals surface area contributed by atoms with Crippen LogP contribution in [0.25, 0.3) is 11.3 Å². The molecule has 2 N–H and O–H groups in total. The van der Waals surface area contributed by atoms with Crippen molar-refractivity contribution >= 4 is 23.3 Å². The van der Waals surface area contributed by atoms with Crippen molar-refractivity contribution in [1.29, 1.82) is 5.26 Å². The molecule has 0 bridgehead atoms. The van der Waals surface area contributed by atoms with Gasteiger partial charge in [-0.2, -0.15) is 10.4 Å². The largest absolute Gasteiger partial charge is 0.322 e. The molecule has 7 heteroatoms. The fraction of sp³-hybridized carbons (Fsp3) is 0.150. The van der Waals surface area contributed by atoms with Gasteiger partial charge in [0.25, 0.3) is 0 Å². The summed E-state index contributed by atoms with van der Waals surface area (Å²) in [6.07, 6.45) is 0.698. The number of carbonyl (C=O) groups excluding carboxylic acids is 1. The van der Waals surface area contributed by atoms with E-state index in [2.05, 4.69) is 21.6 Å². The fourth-order valence-electron chi connectivity index (χ4n) is 3.21. The van der Waals surface area contributed by atoms with Crippen molar-refractivity contribution in [1.82, 2.24) is 15.1 Å². The molecular weight excluding hydrogens is 362 g/mol. The Labute approximate surface area is 161 Å². The van der Waals surface area contributed by atoms with Crippen LogP contribution in [0.15, 0.2) is 48.5 Å². The van der Waals surface area contributed by atoms with Gasteiger partial charge in [-0.05, 0) is 18.2 Å². The lowest BCUT2D eigenvalue weighted by Crippen LogP contribution is -2.39. The number of nitrogens with zero attached hydrogens (tertiary/aromatic N) is 3. The molecule has 0 spiro atoms. The molecule has 0 fully saturated rings. The Morgan fingerprint density at radius 3 is 2.85 bits per heavy atom. The van der Waals surface area contributed by atoms with Gasteiger partial charge >= 0.3 is 6.03 Å². The monoisotopic (exact) mass is 377 g/mol. The molecule has 1 aliphatic heterocycles. The molecule has 4 rings (SSSR count). The number of hydrogen-bond donors (Lipinski definition) is 2. The average molecular weight is 378 g/mol. The van der Waals surface area contributed by atoms with Crippen molar-refractivity contribution in [2.45, 2.75) is 13.0 Å². The number of aromatic nitrogens is 2. The van der Waals surface area contributed by atoms with Gasteiger partial charge in [-0.1, -0.05) is 41.9 Å². The molecule has 1 aromatic heterocycles. The minimum Gasteiger partial charge on any atom is -0.320 e. The normalized spacial score (nSPS) is 13.0. The topological polar surface area (TPSA) is 84.8 Å². The van der Waals surface area contributed by atoms with Gasteiger partial charge in [-0.15, -0.1) is 0 Å². The Kier molecular flexibility index (Phi) is 4.53. The number of hydrogen-bond acceptors (Lipinski definition) is 3. The molecule has 0 radical (unpaired) electrons. The highest BCUT2D eigenvalue weighted by molar-refractivity contribution is 6.31. The molecule has 3 aromatic rings. The van der Waals surface area contributed by atoms with Crippen LogP contribution in [0, 0.1) is 11.3 Å². The number of urea groups is 1. The van der Waals surface area contributed by atoms with Crippen LogP contribution < -0.4 is 5.32 Å². The van der Waals surface area contributed by atoms with Crippen molar-refractivity contribution < 1.29 is 4.79 Å². The van der Waals surface area contributed by atoms with Crippen LogP contribution in [0.3, 0.4) is 0 Å². The summed E-state index contributed by atoms with van der Waals surface area (Å²) in [5.74, 6) is 0. The molecule has 2 aromatic carbocycles. The maximum atomic E-state index is 12.8. The first kappa shape index (κ1) is 17.1. The number of rotatable bonds is 2. The van der Waals surface area contributed by atoms with Crippen LogP contribution in [0.2, 0.25) is 5.02 Å². The lowest BCUT2D eigenvalue weighted by atomic mass is 10.0. The molecule has 0 atom stereocenters. The van der Waals surface area contributed by atoms with Gasteiger partial charge in [0.1, 0.15) is 6.07 Å². The van der Waals surface area contributed by atoms with E-state index in [0.717, 1.165) is 22.5 Å². The van der Waals surface area contributed by atoms with Gasteiger partial charge in [0, 0.05) is 34.8 Å². The van der Waals surface area contributed by atoms with Crippen LogP contribution in [0.1, 0.15) is 16.8 Å². The van der Waals surface area contributed by atoms with Crippen LogP contribution in [-0.4, -0.2) is 27.7 Å². The van der Waals surface area contributed by atoms with E-state index in [1.54, 1.807) is 23.1 Å². The molecule has 1 aliphatic rings. The number of carbonyl (C=O) groups is 1.